The van der Waals surface area contributed by atoms with Crippen LogP contribution in [0.3, 0.4) is 0 Å². The Labute approximate surface area is 221 Å². The standard InChI is InChI=1S/C32H26N2O4/c35-29(23-11-3-1-4-12-23)25-15-7-9-17-27(25)31(37)33-19-21-34(22-20-33)32(38)28-18-10-8-16-26(28)30(36)24-13-5-2-6-14-24/h1-18H,19-22H2. The topological polar surface area (TPSA) is 74.8 Å². The Balaban J connectivity index is 1.30. The van der Waals surface area contributed by atoms with Crippen molar-refractivity contribution in [2.24, 2.45) is 0 Å². The molecule has 6 nitrogen and oxygen atoms in total. The molecule has 0 bridgehead atoms. The van der Waals surface area contributed by atoms with E-state index in [0.717, 1.165) is 0 Å². The number of piperazine rings is 1. The number of hydrogen-bond donors (Lipinski definition) is 0. The van der Waals surface area contributed by atoms with E-state index in [1.165, 1.54) is 0 Å². The number of carbonyl (C=O) groups excluding carboxylic acids is 4. The quantitative estimate of drug-likeness (QED) is 0.357. The van der Waals surface area contributed by atoms with E-state index in [9.17, 15) is 19.2 Å². The van der Waals surface area contributed by atoms with Gasteiger partial charge in [0, 0.05) is 48.4 Å². The summed E-state index contributed by atoms with van der Waals surface area (Å²) < 4.78 is 0. The van der Waals surface area contributed by atoms with Crippen LogP contribution in [-0.2, 0) is 0 Å². The van der Waals surface area contributed by atoms with Crippen molar-refractivity contribution in [3.05, 3.63) is 143 Å². The number of rotatable bonds is 6. The van der Waals surface area contributed by atoms with Crippen molar-refractivity contribution in [3.63, 3.8) is 0 Å². The van der Waals surface area contributed by atoms with Gasteiger partial charge in [-0.25, -0.2) is 0 Å². The molecule has 0 spiro atoms. The molecule has 0 N–H and O–H groups in total. The van der Waals surface area contributed by atoms with Gasteiger partial charge in [0.15, 0.2) is 11.6 Å². The number of ketones is 2. The van der Waals surface area contributed by atoms with Gasteiger partial charge in [0.1, 0.15) is 0 Å². The van der Waals surface area contributed by atoms with E-state index in [-0.39, 0.29) is 23.4 Å². The highest BCUT2D eigenvalue weighted by atomic mass is 16.2. The molecule has 5 rings (SSSR count). The molecule has 4 aromatic rings. The minimum atomic E-state index is -0.239. The van der Waals surface area contributed by atoms with Crippen LogP contribution in [0.25, 0.3) is 0 Å². The normalized spacial score (nSPS) is 13.2. The Bertz CT molecular complexity index is 1380. The molecule has 38 heavy (non-hydrogen) atoms. The summed E-state index contributed by atoms with van der Waals surface area (Å²) in [5.74, 6) is -0.889. The Hall–Kier alpha value is -4.84. The van der Waals surface area contributed by atoms with Gasteiger partial charge in [0.05, 0.1) is 11.1 Å². The molecule has 1 fully saturated rings. The molecular formula is C32H26N2O4. The van der Waals surface area contributed by atoms with E-state index in [1.54, 1.807) is 107 Å². The summed E-state index contributed by atoms with van der Waals surface area (Å²) >= 11 is 0. The minimum Gasteiger partial charge on any atom is -0.335 e. The van der Waals surface area contributed by atoms with Crippen LogP contribution in [0.5, 0.6) is 0 Å². The van der Waals surface area contributed by atoms with Crippen LogP contribution in [0.15, 0.2) is 109 Å². The van der Waals surface area contributed by atoms with E-state index in [2.05, 4.69) is 0 Å². The fourth-order valence-electron chi connectivity index (χ4n) is 4.68. The van der Waals surface area contributed by atoms with Crippen molar-refractivity contribution in [1.29, 1.82) is 0 Å². The zero-order valence-corrected chi connectivity index (χ0v) is 20.7. The van der Waals surface area contributed by atoms with Gasteiger partial charge in [-0.3, -0.25) is 19.2 Å². The second-order valence-electron chi connectivity index (χ2n) is 9.07. The minimum absolute atomic E-state index is 0.206. The zero-order chi connectivity index (χ0) is 26.5. The van der Waals surface area contributed by atoms with Crippen LogP contribution in [0.1, 0.15) is 52.6 Å². The van der Waals surface area contributed by atoms with E-state index in [4.69, 9.17) is 0 Å². The first-order chi connectivity index (χ1) is 18.5. The Morgan fingerprint density at radius 3 is 1.03 bits per heavy atom. The van der Waals surface area contributed by atoms with E-state index < -0.39 is 0 Å². The summed E-state index contributed by atoms with van der Waals surface area (Å²) in [6, 6.07) is 31.4. The molecule has 1 saturated heterocycles. The van der Waals surface area contributed by atoms with Crippen molar-refractivity contribution in [2.75, 3.05) is 26.2 Å². The Kier molecular flexibility index (Phi) is 7.22. The average molecular weight is 503 g/mol. The van der Waals surface area contributed by atoms with Crippen LogP contribution in [0.2, 0.25) is 0 Å². The first-order valence-electron chi connectivity index (χ1n) is 12.5. The van der Waals surface area contributed by atoms with Gasteiger partial charge in [-0.2, -0.15) is 0 Å². The molecular weight excluding hydrogens is 476 g/mol. The monoisotopic (exact) mass is 502 g/mol. The van der Waals surface area contributed by atoms with E-state index in [0.29, 0.717) is 59.6 Å². The van der Waals surface area contributed by atoms with Gasteiger partial charge in [0.2, 0.25) is 0 Å². The molecule has 2 amide bonds. The highest BCUT2D eigenvalue weighted by Gasteiger charge is 2.29. The molecule has 6 heteroatoms. The van der Waals surface area contributed by atoms with Gasteiger partial charge in [-0.15, -0.1) is 0 Å². The largest absolute Gasteiger partial charge is 0.335 e. The molecule has 188 valence electrons. The summed E-state index contributed by atoms with van der Waals surface area (Å²) in [4.78, 5) is 56.4. The highest BCUT2D eigenvalue weighted by molar-refractivity contribution is 6.16. The zero-order valence-electron chi connectivity index (χ0n) is 20.7. The molecule has 0 saturated carbocycles. The molecule has 0 atom stereocenters. The van der Waals surface area contributed by atoms with Gasteiger partial charge < -0.3 is 9.80 Å². The third-order valence-corrected chi connectivity index (χ3v) is 6.73. The summed E-state index contributed by atoms with van der Waals surface area (Å²) in [5, 5.41) is 0. The number of hydrogen-bond acceptors (Lipinski definition) is 4. The lowest BCUT2D eigenvalue weighted by molar-refractivity contribution is 0.0533. The van der Waals surface area contributed by atoms with Crippen molar-refractivity contribution in [2.45, 2.75) is 0 Å². The molecule has 0 radical (unpaired) electrons. The summed E-state index contributed by atoms with van der Waals surface area (Å²) in [7, 11) is 0. The predicted molar refractivity (Wildman–Crippen MR) is 144 cm³/mol. The number of benzene rings is 4. The highest BCUT2D eigenvalue weighted by Crippen LogP contribution is 2.20. The lowest BCUT2D eigenvalue weighted by Gasteiger charge is -2.35. The summed E-state index contributed by atoms with van der Waals surface area (Å²) in [5.41, 5.74) is 2.45. The number of nitrogens with zero attached hydrogens (tertiary/aromatic N) is 2. The van der Waals surface area contributed by atoms with Crippen LogP contribution >= 0.6 is 0 Å². The number of amides is 2. The van der Waals surface area contributed by atoms with Crippen LogP contribution < -0.4 is 0 Å². The molecule has 1 aliphatic rings. The summed E-state index contributed by atoms with van der Waals surface area (Å²) in [6.07, 6.45) is 0. The van der Waals surface area contributed by atoms with Gasteiger partial charge in [-0.1, -0.05) is 97.1 Å². The fourth-order valence-corrected chi connectivity index (χ4v) is 4.68. The number of carbonyl (C=O) groups is 4. The second-order valence-corrected chi connectivity index (χ2v) is 9.07. The molecule has 0 aliphatic carbocycles. The predicted octanol–water partition coefficient (Wildman–Crippen LogP) is 4.75. The van der Waals surface area contributed by atoms with Crippen LogP contribution in [0.4, 0.5) is 0 Å². The lowest BCUT2D eigenvalue weighted by atomic mass is 9.97. The maximum atomic E-state index is 13.4. The van der Waals surface area contributed by atoms with Crippen molar-refractivity contribution < 1.29 is 19.2 Å². The SMILES string of the molecule is O=C(c1ccccc1)c1ccccc1C(=O)N1CCN(C(=O)c2ccccc2C(=O)c2ccccc2)CC1. The van der Waals surface area contributed by atoms with E-state index in [1.807, 2.05) is 12.1 Å². The summed E-state index contributed by atoms with van der Waals surface area (Å²) in [6.45, 7) is 1.31. The average Bonchev–Trinajstić information content (AvgIpc) is 3.00. The third kappa shape index (κ3) is 5.02. The van der Waals surface area contributed by atoms with Crippen LogP contribution in [-0.4, -0.2) is 59.4 Å². The van der Waals surface area contributed by atoms with Gasteiger partial charge >= 0.3 is 0 Å². The lowest BCUT2D eigenvalue weighted by Crippen LogP contribution is -2.51. The van der Waals surface area contributed by atoms with Crippen LogP contribution in [0, 0.1) is 0 Å². The fraction of sp³-hybridized carbons (Fsp3) is 0.125. The Morgan fingerprint density at radius 1 is 0.395 bits per heavy atom. The van der Waals surface area contributed by atoms with Crippen molar-refractivity contribution >= 4 is 23.4 Å². The third-order valence-electron chi connectivity index (χ3n) is 6.73. The van der Waals surface area contributed by atoms with Gasteiger partial charge in [-0.05, 0) is 12.1 Å². The molecule has 1 aliphatic heterocycles. The second kappa shape index (κ2) is 11.0. The van der Waals surface area contributed by atoms with E-state index >= 15 is 0 Å². The molecule has 4 aromatic carbocycles. The smallest absolute Gasteiger partial charge is 0.254 e. The molecule has 0 unspecified atom stereocenters. The first-order valence-corrected chi connectivity index (χ1v) is 12.5. The van der Waals surface area contributed by atoms with Crippen molar-refractivity contribution in [3.8, 4) is 0 Å². The maximum Gasteiger partial charge on any atom is 0.254 e. The maximum absolute atomic E-state index is 13.4. The van der Waals surface area contributed by atoms with Gasteiger partial charge in [0.25, 0.3) is 11.8 Å². The molecule has 1 heterocycles. The first kappa shape index (κ1) is 24.8. The molecule has 0 aromatic heterocycles. The Morgan fingerprint density at radius 2 is 0.684 bits per heavy atom. The van der Waals surface area contributed by atoms with Crippen molar-refractivity contribution in [1.82, 2.24) is 9.80 Å².